The topological polar surface area (TPSA) is 78.9 Å². The molecule has 0 aliphatic carbocycles. The lowest BCUT2D eigenvalue weighted by molar-refractivity contribution is -0.167. The van der Waals surface area contributed by atoms with E-state index in [1.807, 2.05) is 0 Å². The molecule has 0 aromatic heterocycles. The molecule has 0 aliphatic rings. The second kappa shape index (κ2) is 53.8. The Kier molecular flexibility index (Phi) is 52.2. The van der Waals surface area contributed by atoms with Crippen LogP contribution in [0.1, 0.15) is 323 Å². The van der Waals surface area contributed by atoms with Gasteiger partial charge in [0.1, 0.15) is 13.2 Å². The highest BCUT2D eigenvalue weighted by molar-refractivity contribution is 5.71. The minimum absolute atomic E-state index is 0.0658. The van der Waals surface area contributed by atoms with Gasteiger partial charge in [-0.15, -0.1) is 0 Å². The zero-order chi connectivity index (χ0) is 46.5. The van der Waals surface area contributed by atoms with E-state index in [0.29, 0.717) is 19.3 Å². The normalized spacial score (nSPS) is 12.0. The highest BCUT2D eigenvalue weighted by Gasteiger charge is 2.19. The maximum absolute atomic E-state index is 12.8. The molecule has 1 atom stereocenters. The lowest BCUT2D eigenvalue weighted by atomic mass is 10.0. The SMILES string of the molecule is CCCCCCCC/C=C\CCCCCCCCCC(=O)O[C@@H](COC(=O)CCCCCCCCCCCCCC)COC(=O)CCCCCCCCCCCCCCCCCCC. The maximum atomic E-state index is 12.8. The summed E-state index contributed by atoms with van der Waals surface area (Å²) in [6.45, 7) is 6.68. The van der Waals surface area contributed by atoms with Crippen LogP contribution in [0.25, 0.3) is 0 Å². The number of hydrogen-bond donors (Lipinski definition) is 0. The average Bonchev–Trinajstić information content (AvgIpc) is 3.29. The van der Waals surface area contributed by atoms with Crippen LogP contribution >= 0.6 is 0 Å². The molecule has 378 valence electrons. The minimum Gasteiger partial charge on any atom is -0.462 e. The molecule has 0 rings (SSSR count). The number of carbonyl (C=O) groups is 3. The summed E-state index contributed by atoms with van der Waals surface area (Å²) in [6, 6.07) is 0. The van der Waals surface area contributed by atoms with Gasteiger partial charge in [-0.05, 0) is 44.9 Å². The van der Waals surface area contributed by atoms with Crippen molar-refractivity contribution in [3.05, 3.63) is 12.2 Å². The summed E-state index contributed by atoms with van der Waals surface area (Å²) in [6.07, 6.45) is 60.5. The Labute approximate surface area is 399 Å². The molecular weight excluding hydrogens is 793 g/mol. The molecule has 0 N–H and O–H groups in total. The number of unbranched alkanes of at least 4 members (excludes halogenated alkanes) is 40. The molecule has 0 radical (unpaired) electrons. The third-order valence-electron chi connectivity index (χ3n) is 13.0. The summed E-state index contributed by atoms with van der Waals surface area (Å²) in [4.78, 5) is 38.1. The largest absolute Gasteiger partial charge is 0.462 e. The predicted molar refractivity (Wildman–Crippen MR) is 275 cm³/mol. The molecule has 0 bridgehead atoms. The van der Waals surface area contributed by atoms with E-state index in [-0.39, 0.29) is 31.1 Å². The molecule has 6 nitrogen and oxygen atoms in total. The van der Waals surface area contributed by atoms with Gasteiger partial charge in [0.05, 0.1) is 0 Å². The third kappa shape index (κ3) is 51.1. The Morgan fingerprint density at radius 1 is 0.297 bits per heavy atom. The number of allylic oxidation sites excluding steroid dienone is 2. The van der Waals surface area contributed by atoms with Crippen LogP contribution in [0.5, 0.6) is 0 Å². The lowest BCUT2D eigenvalue weighted by Crippen LogP contribution is -2.30. The van der Waals surface area contributed by atoms with E-state index < -0.39 is 6.10 Å². The Balaban J connectivity index is 4.30. The van der Waals surface area contributed by atoms with Crippen molar-refractivity contribution in [1.29, 1.82) is 0 Å². The summed E-state index contributed by atoms with van der Waals surface area (Å²) in [7, 11) is 0. The fourth-order valence-corrected chi connectivity index (χ4v) is 8.68. The van der Waals surface area contributed by atoms with E-state index in [9.17, 15) is 14.4 Å². The molecule has 0 saturated heterocycles. The molecule has 0 aromatic carbocycles. The fraction of sp³-hybridized carbons (Fsp3) is 0.914. The van der Waals surface area contributed by atoms with E-state index >= 15 is 0 Å². The second-order valence-electron chi connectivity index (χ2n) is 19.6. The van der Waals surface area contributed by atoms with Crippen LogP contribution in [0.3, 0.4) is 0 Å². The van der Waals surface area contributed by atoms with Gasteiger partial charge in [-0.25, -0.2) is 0 Å². The molecule has 0 amide bonds. The lowest BCUT2D eigenvalue weighted by Gasteiger charge is -2.18. The number of carbonyl (C=O) groups excluding carboxylic acids is 3. The van der Waals surface area contributed by atoms with Crippen molar-refractivity contribution in [1.82, 2.24) is 0 Å². The van der Waals surface area contributed by atoms with Gasteiger partial charge in [0, 0.05) is 19.3 Å². The predicted octanol–water partition coefficient (Wildman–Crippen LogP) is 18.9. The summed E-state index contributed by atoms with van der Waals surface area (Å²) in [5, 5.41) is 0. The maximum Gasteiger partial charge on any atom is 0.306 e. The van der Waals surface area contributed by atoms with Gasteiger partial charge in [-0.1, -0.05) is 270 Å². The Bertz CT molecular complexity index is 993. The quantitative estimate of drug-likeness (QED) is 0.0262. The molecular formula is C58H110O6. The monoisotopic (exact) mass is 903 g/mol. The van der Waals surface area contributed by atoms with Crippen LogP contribution in [-0.2, 0) is 28.6 Å². The van der Waals surface area contributed by atoms with Crippen molar-refractivity contribution in [3.63, 3.8) is 0 Å². The molecule has 0 fully saturated rings. The molecule has 0 aromatic rings. The van der Waals surface area contributed by atoms with Crippen LogP contribution in [0, 0.1) is 0 Å². The van der Waals surface area contributed by atoms with Crippen LogP contribution in [0.2, 0.25) is 0 Å². The molecule has 6 heteroatoms. The van der Waals surface area contributed by atoms with Crippen molar-refractivity contribution >= 4 is 17.9 Å². The van der Waals surface area contributed by atoms with E-state index in [1.54, 1.807) is 0 Å². The van der Waals surface area contributed by atoms with Crippen molar-refractivity contribution < 1.29 is 28.6 Å². The van der Waals surface area contributed by atoms with Gasteiger partial charge in [0.2, 0.25) is 0 Å². The molecule has 0 heterocycles. The number of ether oxygens (including phenoxy) is 3. The number of rotatable bonds is 53. The van der Waals surface area contributed by atoms with E-state index in [4.69, 9.17) is 14.2 Å². The van der Waals surface area contributed by atoms with Crippen LogP contribution < -0.4 is 0 Å². The molecule has 0 aliphatic heterocycles. The zero-order valence-corrected chi connectivity index (χ0v) is 43.3. The summed E-state index contributed by atoms with van der Waals surface area (Å²) in [5.41, 5.74) is 0. The fourth-order valence-electron chi connectivity index (χ4n) is 8.68. The minimum atomic E-state index is -0.766. The van der Waals surface area contributed by atoms with Gasteiger partial charge in [0.15, 0.2) is 6.10 Å². The van der Waals surface area contributed by atoms with Crippen LogP contribution in [0.15, 0.2) is 12.2 Å². The number of hydrogen-bond acceptors (Lipinski definition) is 6. The Hall–Kier alpha value is -1.85. The molecule has 0 unspecified atom stereocenters. The summed E-state index contributed by atoms with van der Waals surface area (Å²) < 4.78 is 16.9. The molecule has 64 heavy (non-hydrogen) atoms. The Morgan fingerprint density at radius 2 is 0.516 bits per heavy atom. The highest BCUT2D eigenvalue weighted by atomic mass is 16.6. The van der Waals surface area contributed by atoms with Gasteiger partial charge < -0.3 is 14.2 Å². The highest BCUT2D eigenvalue weighted by Crippen LogP contribution is 2.17. The average molecular weight is 904 g/mol. The Morgan fingerprint density at radius 3 is 0.781 bits per heavy atom. The first kappa shape index (κ1) is 62.1. The first-order chi connectivity index (χ1) is 31.5. The second-order valence-corrected chi connectivity index (χ2v) is 19.6. The first-order valence-electron chi connectivity index (χ1n) is 28.7. The van der Waals surface area contributed by atoms with E-state index in [2.05, 4.69) is 32.9 Å². The van der Waals surface area contributed by atoms with E-state index in [1.165, 1.54) is 225 Å². The first-order valence-corrected chi connectivity index (χ1v) is 28.7. The van der Waals surface area contributed by atoms with Crippen molar-refractivity contribution in [2.75, 3.05) is 13.2 Å². The van der Waals surface area contributed by atoms with Crippen molar-refractivity contribution in [3.8, 4) is 0 Å². The van der Waals surface area contributed by atoms with E-state index in [0.717, 1.165) is 57.8 Å². The summed E-state index contributed by atoms with van der Waals surface area (Å²) in [5.74, 6) is -0.847. The van der Waals surface area contributed by atoms with Gasteiger partial charge in [-0.2, -0.15) is 0 Å². The number of esters is 3. The smallest absolute Gasteiger partial charge is 0.306 e. The van der Waals surface area contributed by atoms with Crippen LogP contribution in [-0.4, -0.2) is 37.2 Å². The third-order valence-corrected chi connectivity index (χ3v) is 13.0. The zero-order valence-electron chi connectivity index (χ0n) is 43.3. The summed E-state index contributed by atoms with van der Waals surface area (Å²) >= 11 is 0. The van der Waals surface area contributed by atoms with Crippen molar-refractivity contribution in [2.24, 2.45) is 0 Å². The molecule has 0 saturated carbocycles. The van der Waals surface area contributed by atoms with Gasteiger partial charge in [0.25, 0.3) is 0 Å². The van der Waals surface area contributed by atoms with Gasteiger partial charge >= 0.3 is 17.9 Å². The molecule has 0 spiro atoms. The van der Waals surface area contributed by atoms with Crippen molar-refractivity contribution in [2.45, 2.75) is 329 Å². The van der Waals surface area contributed by atoms with Gasteiger partial charge in [-0.3, -0.25) is 14.4 Å². The standard InChI is InChI=1S/C58H110O6/c1-4-7-10-13-16-19-22-25-27-29-31-33-36-39-42-45-48-51-57(60)63-54-55(53-62-56(59)50-47-44-41-38-35-24-21-18-15-12-9-6-3)64-58(61)52-49-46-43-40-37-34-32-30-28-26-23-20-17-14-11-8-5-2/h26,28,55H,4-25,27,29-54H2,1-3H3/b28-26-/t55-/m0/s1. The van der Waals surface area contributed by atoms with Crippen LogP contribution in [0.4, 0.5) is 0 Å².